The average molecular weight is 366 g/mol. The Morgan fingerprint density at radius 3 is 2.04 bits per heavy atom. The number of rotatable bonds is 5. The summed E-state index contributed by atoms with van der Waals surface area (Å²) in [7, 11) is 0. The van der Waals surface area contributed by atoms with Gasteiger partial charge in [0.1, 0.15) is 0 Å². The van der Waals surface area contributed by atoms with E-state index >= 15 is 0 Å². The SMILES string of the molecule is O=C(Nc1ccc(Cl)c(C(=O)O)c1)c1cc([N+](=O)[O-])cc([N+](=O)[O-])c1. The van der Waals surface area contributed by atoms with Crippen LogP contribution in [0.1, 0.15) is 20.7 Å². The van der Waals surface area contributed by atoms with Gasteiger partial charge in [0.2, 0.25) is 0 Å². The first-order chi connectivity index (χ1) is 11.7. The molecule has 0 fully saturated rings. The van der Waals surface area contributed by atoms with Crippen LogP contribution >= 0.6 is 11.6 Å². The number of carboxylic acid groups (broad SMARTS) is 1. The molecule has 11 heteroatoms. The second-order valence-electron chi connectivity index (χ2n) is 4.71. The number of hydrogen-bond acceptors (Lipinski definition) is 6. The molecule has 2 aromatic rings. The number of anilines is 1. The lowest BCUT2D eigenvalue weighted by molar-refractivity contribution is -0.394. The molecule has 0 aliphatic carbocycles. The smallest absolute Gasteiger partial charge is 0.337 e. The number of carbonyl (C=O) groups excluding carboxylic acids is 1. The Morgan fingerprint density at radius 1 is 1.00 bits per heavy atom. The van der Waals surface area contributed by atoms with Gasteiger partial charge in [-0.05, 0) is 18.2 Å². The lowest BCUT2D eigenvalue weighted by Gasteiger charge is -2.07. The van der Waals surface area contributed by atoms with Gasteiger partial charge in [0.15, 0.2) is 0 Å². The summed E-state index contributed by atoms with van der Waals surface area (Å²) in [6, 6.07) is 6.12. The maximum absolute atomic E-state index is 12.2. The van der Waals surface area contributed by atoms with Crippen LogP contribution in [0.15, 0.2) is 36.4 Å². The van der Waals surface area contributed by atoms with Crippen molar-refractivity contribution >= 4 is 40.5 Å². The third-order valence-corrected chi connectivity index (χ3v) is 3.37. The Bertz CT molecular complexity index is 881. The van der Waals surface area contributed by atoms with E-state index in [1.807, 2.05) is 0 Å². The molecular formula is C14H8ClN3O7. The Balaban J connectivity index is 2.38. The number of nitro benzene ring substituents is 2. The van der Waals surface area contributed by atoms with Crippen molar-refractivity contribution in [1.82, 2.24) is 0 Å². The first kappa shape index (κ1) is 17.8. The second-order valence-corrected chi connectivity index (χ2v) is 5.11. The van der Waals surface area contributed by atoms with Crippen molar-refractivity contribution in [3.63, 3.8) is 0 Å². The molecular weight excluding hydrogens is 358 g/mol. The number of hydrogen-bond donors (Lipinski definition) is 2. The Labute approximate surface area is 143 Å². The highest BCUT2D eigenvalue weighted by molar-refractivity contribution is 6.33. The first-order valence-electron chi connectivity index (χ1n) is 6.47. The van der Waals surface area contributed by atoms with E-state index in [0.29, 0.717) is 0 Å². The van der Waals surface area contributed by atoms with E-state index in [2.05, 4.69) is 5.32 Å². The lowest BCUT2D eigenvalue weighted by atomic mass is 10.1. The van der Waals surface area contributed by atoms with Gasteiger partial charge >= 0.3 is 5.97 Å². The molecule has 10 nitrogen and oxygen atoms in total. The third kappa shape index (κ3) is 4.06. The van der Waals surface area contributed by atoms with Crippen molar-refractivity contribution in [2.45, 2.75) is 0 Å². The summed E-state index contributed by atoms with van der Waals surface area (Å²) in [4.78, 5) is 43.2. The largest absolute Gasteiger partial charge is 0.478 e. The number of aromatic carboxylic acids is 1. The van der Waals surface area contributed by atoms with Gasteiger partial charge in [-0.15, -0.1) is 0 Å². The first-order valence-corrected chi connectivity index (χ1v) is 6.85. The van der Waals surface area contributed by atoms with E-state index in [9.17, 15) is 29.8 Å². The summed E-state index contributed by atoms with van der Waals surface area (Å²) in [5, 5.41) is 32.9. The topological polar surface area (TPSA) is 153 Å². The van der Waals surface area contributed by atoms with E-state index in [4.69, 9.17) is 16.7 Å². The van der Waals surface area contributed by atoms with Gasteiger partial charge in [0.05, 0.1) is 32.1 Å². The number of carbonyl (C=O) groups is 2. The summed E-state index contributed by atoms with van der Waals surface area (Å²) >= 11 is 5.71. The van der Waals surface area contributed by atoms with Crippen LogP contribution in [0.2, 0.25) is 5.02 Å². The molecule has 128 valence electrons. The maximum Gasteiger partial charge on any atom is 0.337 e. The van der Waals surface area contributed by atoms with Crippen molar-refractivity contribution in [3.8, 4) is 0 Å². The molecule has 25 heavy (non-hydrogen) atoms. The number of nitro groups is 2. The fourth-order valence-electron chi connectivity index (χ4n) is 1.91. The Hall–Kier alpha value is -3.53. The van der Waals surface area contributed by atoms with E-state index < -0.39 is 33.1 Å². The van der Waals surface area contributed by atoms with Crippen LogP contribution < -0.4 is 5.32 Å². The molecule has 0 saturated carbocycles. The van der Waals surface area contributed by atoms with E-state index in [-0.39, 0.29) is 21.8 Å². The number of amides is 1. The van der Waals surface area contributed by atoms with Gasteiger partial charge in [-0.3, -0.25) is 25.0 Å². The molecule has 2 N–H and O–H groups in total. The number of benzene rings is 2. The minimum Gasteiger partial charge on any atom is -0.478 e. The molecule has 0 heterocycles. The minimum atomic E-state index is -1.31. The van der Waals surface area contributed by atoms with Gasteiger partial charge in [-0.25, -0.2) is 4.79 Å². The van der Waals surface area contributed by atoms with Gasteiger partial charge in [-0.2, -0.15) is 0 Å². The molecule has 0 radical (unpaired) electrons. The Kier molecular flexibility index (Phi) is 4.94. The van der Waals surface area contributed by atoms with Gasteiger partial charge in [0, 0.05) is 17.8 Å². The zero-order chi connectivity index (χ0) is 18.7. The maximum atomic E-state index is 12.2. The van der Waals surface area contributed by atoms with Gasteiger partial charge in [-0.1, -0.05) is 11.6 Å². The molecule has 0 bridgehead atoms. The summed E-state index contributed by atoms with van der Waals surface area (Å²) in [6.45, 7) is 0. The molecule has 0 aromatic heterocycles. The highest BCUT2D eigenvalue weighted by atomic mass is 35.5. The van der Waals surface area contributed by atoms with E-state index in [0.717, 1.165) is 24.3 Å². The zero-order valence-corrected chi connectivity index (χ0v) is 12.9. The fourth-order valence-corrected chi connectivity index (χ4v) is 2.11. The van der Waals surface area contributed by atoms with Crippen LogP contribution in [0.3, 0.4) is 0 Å². The quantitative estimate of drug-likeness (QED) is 0.609. The summed E-state index contributed by atoms with van der Waals surface area (Å²) in [5.41, 5.74) is -1.78. The molecule has 1 amide bonds. The lowest BCUT2D eigenvalue weighted by Crippen LogP contribution is -2.13. The van der Waals surface area contributed by atoms with E-state index in [1.54, 1.807) is 0 Å². The van der Waals surface area contributed by atoms with Crippen LogP contribution in [-0.4, -0.2) is 26.8 Å². The molecule has 2 rings (SSSR count). The van der Waals surface area contributed by atoms with Crippen LogP contribution in [-0.2, 0) is 0 Å². The molecule has 0 saturated heterocycles. The van der Waals surface area contributed by atoms with Crippen molar-refractivity contribution in [2.24, 2.45) is 0 Å². The van der Waals surface area contributed by atoms with E-state index in [1.165, 1.54) is 12.1 Å². The third-order valence-electron chi connectivity index (χ3n) is 3.04. The number of non-ortho nitro benzene ring substituents is 2. The number of nitrogens with zero attached hydrogens (tertiary/aromatic N) is 2. The molecule has 0 aliphatic heterocycles. The molecule has 0 aliphatic rings. The highest BCUT2D eigenvalue weighted by Gasteiger charge is 2.20. The van der Waals surface area contributed by atoms with Gasteiger partial charge < -0.3 is 10.4 Å². The van der Waals surface area contributed by atoms with Gasteiger partial charge in [0.25, 0.3) is 17.3 Å². The van der Waals surface area contributed by atoms with Crippen LogP contribution in [0.5, 0.6) is 0 Å². The predicted molar refractivity (Wildman–Crippen MR) is 86.1 cm³/mol. The second kappa shape index (κ2) is 6.93. The van der Waals surface area contributed by atoms with Crippen molar-refractivity contribution in [2.75, 3.05) is 5.32 Å². The molecule has 0 unspecified atom stereocenters. The van der Waals surface area contributed by atoms with Crippen molar-refractivity contribution in [1.29, 1.82) is 0 Å². The monoisotopic (exact) mass is 365 g/mol. The normalized spacial score (nSPS) is 10.1. The molecule has 0 spiro atoms. The Morgan fingerprint density at radius 2 is 1.56 bits per heavy atom. The minimum absolute atomic E-state index is 0.0449. The standard InChI is InChI=1S/C14H8ClN3O7/c15-12-2-1-8(5-11(12)14(20)21)16-13(19)7-3-9(17(22)23)6-10(4-7)18(24)25/h1-6H,(H,16,19)(H,20,21). The zero-order valence-electron chi connectivity index (χ0n) is 12.1. The molecule has 2 aromatic carbocycles. The molecule has 0 atom stereocenters. The summed E-state index contributed by atoms with van der Waals surface area (Å²) < 4.78 is 0. The predicted octanol–water partition coefficient (Wildman–Crippen LogP) is 3.11. The number of halogens is 1. The van der Waals surface area contributed by atoms with Crippen molar-refractivity contribution in [3.05, 3.63) is 72.8 Å². The van der Waals surface area contributed by atoms with Crippen molar-refractivity contribution < 1.29 is 24.5 Å². The van der Waals surface area contributed by atoms with Crippen LogP contribution in [0.25, 0.3) is 0 Å². The average Bonchev–Trinajstić information content (AvgIpc) is 2.55. The summed E-state index contributed by atoms with van der Waals surface area (Å²) in [6.07, 6.45) is 0. The summed E-state index contributed by atoms with van der Waals surface area (Å²) in [5.74, 6) is -2.20. The number of nitrogens with one attached hydrogen (secondary N) is 1. The number of carboxylic acids is 1. The van der Waals surface area contributed by atoms with Crippen LogP contribution in [0.4, 0.5) is 17.1 Å². The highest BCUT2D eigenvalue weighted by Crippen LogP contribution is 2.25. The fraction of sp³-hybridized carbons (Fsp3) is 0. The van der Waals surface area contributed by atoms with Crippen LogP contribution in [0, 0.1) is 20.2 Å².